The van der Waals surface area contributed by atoms with E-state index < -0.39 is 5.91 Å². The summed E-state index contributed by atoms with van der Waals surface area (Å²) in [5, 5.41) is 2.43. The standard InChI is InChI=1S/C14H15N3O3.ClH/c1-16-14(19)12-13(11(18)7-8-17(12)15)20-9-10-5-3-2-4-6-10;/h2-8H,9,15H2,1H3,(H,16,19);1H. The molecule has 21 heavy (non-hydrogen) atoms. The first-order chi connectivity index (χ1) is 9.63. The van der Waals surface area contributed by atoms with Gasteiger partial charge in [0.15, 0.2) is 11.4 Å². The van der Waals surface area contributed by atoms with E-state index in [4.69, 9.17) is 10.6 Å². The second kappa shape index (κ2) is 7.35. The Bertz CT molecular complexity index is 671. The Labute approximate surface area is 127 Å². The number of pyridine rings is 1. The fourth-order valence-corrected chi connectivity index (χ4v) is 1.74. The molecule has 6 nitrogen and oxygen atoms in total. The predicted octanol–water partition coefficient (Wildman–Crippen LogP) is 0.922. The van der Waals surface area contributed by atoms with Gasteiger partial charge in [-0.25, -0.2) is 0 Å². The number of halogens is 1. The quantitative estimate of drug-likeness (QED) is 0.822. The molecule has 1 heterocycles. The maximum Gasteiger partial charge on any atom is 0.273 e. The number of hydrogen-bond donors (Lipinski definition) is 2. The largest absolute Gasteiger partial charge is 0.482 e. The Kier molecular flexibility index (Phi) is 5.80. The van der Waals surface area contributed by atoms with Crippen LogP contribution in [0.4, 0.5) is 0 Å². The van der Waals surface area contributed by atoms with Gasteiger partial charge in [-0.1, -0.05) is 30.3 Å². The van der Waals surface area contributed by atoms with Crippen LogP contribution in [0.2, 0.25) is 0 Å². The highest BCUT2D eigenvalue weighted by atomic mass is 35.5. The van der Waals surface area contributed by atoms with Crippen molar-refractivity contribution >= 4 is 18.3 Å². The second-order valence-electron chi connectivity index (χ2n) is 4.12. The smallest absolute Gasteiger partial charge is 0.273 e. The van der Waals surface area contributed by atoms with Crippen LogP contribution in [0.5, 0.6) is 5.75 Å². The van der Waals surface area contributed by atoms with Crippen LogP contribution in [-0.4, -0.2) is 17.6 Å². The summed E-state index contributed by atoms with van der Waals surface area (Å²) in [4.78, 5) is 23.6. The first kappa shape index (κ1) is 16.6. The lowest BCUT2D eigenvalue weighted by molar-refractivity contribution is 0.0949. The second-order valence-corrected chi connectivity index (χ2v) is 4.12. The van der Waals surface area contributed by atoms with E-state index in [1.54, 1.807) is 0 Å². The number of carbonyl (C=O) groups excluding carboxylic acids is 1. The van der Waals surface area contributed by atoms with E-state index in [9.17, 15) is 9.59 Å². The van der Waals surface area contributed by atoms with Crippen LogP contribution in [-0.2, 0) is 6.61 Å². The molecule has 0 unspecified atom stereocenters. The van der Waals surface area contributed by atoms with Crippen molar-refractivity contribution in [3.63, 3.8) is 0 Å². The minimum absolute atomic E-state index is 0. The van der Waals surface area contributed by atoms with Gasteiger partial charge in [0.05, 0.1) is 0 Å². The van der Waals surface area contributed by atoms with Crippen molar-refractivity contribution in [1.29, 1.82) is 0 Å². The Morgan fingerprint density at radius 2 is 1.95 bits per heavy atom. The van der Waals surface area contributed by atoms with Crippen molar-refractivity contribution in [3.05, 3.63) is 64.1 Å². The molecule has 112 valence electrons. The van der Waals surface area contributed by atoms with Crippen LogP contribution in [0.25, 0.3) is 0 Å². The third kappa shape index (κ3) is 3.76. The molecular weight excluding hydrogens is 294 g/mol. The highest BCUT2D eigenvalue weighted by Gasteiger charge is 2.18. The molecule has 0 radical (unpaired) electrons. The fraction of sp³-hybridized carbons (Fsp3) is 0.143. The van der Waals surface area contributed by atoms with Gasteiger partial charge >= 0.3 is 0 Å². The maximum atomic E-state index is 11.9. The molecule has 7 heteroatoms. The predicted molar refractivity (Wildman–Crippen MR) is 82.3 cm³/mol. The van der Waals surface area contributed by atoms with Crippen molar-refractivity contribution in [2.24, 2.45) is 0 Å². The van der Waals surface area contributed by atoms with Crippen molar-refractivity contribution in [2.75, 3.05) is 12.9 Å². The number of amides is 1. The topological polar surface area (TPSA) is 86.3 Å². The first-order valence-corrected chi connectivity index (χ1v) is 6.03. The Morgan fingerprint density at radius 3 is 2.57 bits per heavy atom. The normalized spacial score (nSPS) is 9.57. The van der Waals surface area contributed by atoms with E-state index in [-0.39, 0.29) is 35.9 Å². The van der Waals surface area contributed by atoms with E-state index in [1.165, 1.54) is 19.3 Å². The molecule has 1 amide bonds. The van der Waals surface area contributed by atoms with Crippen LogP contribution in [0, 0.1) is 0 Å². The summed E-state index contributed by atoms with van der Waals surface area (Å²) in [6, 6.07) is 10.6. The van der Waals surface area contributed by atoms with E-state index in [0.717, 1.165) is 10.2 Å². The van der Waals surface area contributed by atoms with E-state index in [2.05, 4.69) is 5.32 Å². The van der Waals surface area contributed by atoms with Gasteiger partial charge in [0, 0.05) is 19.3 Å². The molecule has 1 aromatic carbocycles. The van der Waals surface area contributed by atoms with Crippen molar-refractivity contribution in [2.45, 2.75) is 6.61 Å². The van der Waals surface area contributed by atoms with Gasteiger partial charge in [0.1, 0.15) is 6.61 Å². The number of nitrogen functional groups attached to an aromatic ring is 1. The minimum atomic E-state index is -0.478. The number of nitrogens with two attached hydrogens (primary N) is 1. The monoisotopic (exact) mass is 309 g/mol. The van der Waals surface area contributed by atoms with Gasteiger partial charge in [0.25, 0.3) is 5.91 Å². The third-order valence-electron chi connectivity index (χ3n) is 2.75. The van der Waals surface area contributed by atoms with Gasteiger partial charge in [0.2, 0.25) is 5.43 Å². The number of nitrogens with zero attached hydrogens (tertiary/aromatic N) is 1. The molecule has 0 saturated heterocycles. The molecule has 2 aromatic rings. The number of carbonyl (C=O) groups is 1. The zero-order chi connectivity index (χ0) is 14.5. The SMILES string of the molecule is CNC(=O)c1c(OCc2ccccc2)c(=O)ccn1N.Cl. The van der Waals surface area contributed by atoms with E-state index in [0.29, 0.717) is 0 Å². The van der Waals surface area contributed by atoms with E-state index in [1.807, 2.05) is 30.3 Å². The Morgan fingerprint density at radius 1 is 1.29 bits per heavy atom. The van der Waals surface area contributed by atoms with Crippen LogP contribution in [0.3, 0.4) is 0 Å². The van der Waals surface area contributed by atoms with Gasteiger partial charge in [-0.3, -0.25) is 14.3 Å². The fourth-order valence-electron chi connectivity index (χ4n) is 1.74. The zero-order valence-electron chi connectivity index (χ0n) is 11.4. The summed E-state index contributed by atoms with van der Waals surface area (Å²) in [6.07, 6.45) is 1.32. The molecule has 1 aromatic heterocycles. The average molecular weight is 310 g/mol. The Balaban J connectivity index is 0.00000220. The average Bonchev–Trinajstić information content (AvgIpc) is 2.48. The maximum absolute atomic E-state index is 11.9. The van der Waals surface area contributed by atoms with Crippen LogP contribution in [0.1, 0.15) is 16.1 Å². The van der Waals surface area contributed by atoms with Crippen LogP contribution >= 0.6 is 12.4 Å². The highest BCUT2D eigenvalue weighted by molar-refractivity contribution is 5.95. The lowest BCUT2D eigenvalue weighted by Crippen LogP contribution is -2.30. The summed E-state index contributed by atoms with van der Waals surface area (Å²) in [5.74, 6) is 5.14. The van der Waals surface area contributed by atoms with Crippen molar-refractivity contribution in [1.82, 2.24) is 9.99 Å². The summed E-state index contributed by atoms with van der Waals surface area (Å²) < 4.78 is 6.55. The lowest BCUT2D eigenvalue weighted by Gasteiger charge is -2.13. The number of nitrogens with one attached hydrogen (secondary N) is 1. The van der Waals surface area contributed by atoms with E-state index >= 15 is 0 Å². The molecule has 0 aliphatic rings. The summed E-state index contributed by atoms with van der Waals surface area (Å²) in [6.45, 7) is 0.185. The number of ether oxygens (including phenoxy) is 1. The summed E-state index contributed by atoms with van der Waals surface area (Å²) in [5.41, 5.74) is 0.499. The molecule has 0 saturated carbocycles. The minimum Gasteiger partial charge on any atom is -0.482 e. The number of rotatable bonds is 4. The third-order valence-corrected chi connectivity index (χ3v) is 2.75. The Hall–Kier alpha value is -2.47. The molecule has 0 fully saturated rings. The molecule has 0 atom stereocenters. The van der Waals surface area contributed by atoms with Gasteiger partial charge in [-0.2, -0.15) is 0 Å². The van der Waals surface area contributed by atoms with Crippen molar-refractivity contribution < 1.29 is 9.53 Å². The number of aromatic nitrogens is 1. The summed E-state index contributed by atoms with van der Waals surface area (Å²) >= 11 is 0. The molecule has 2 rings (SSSR count). The highest BCUT2D eigenvalue weighted by Crippen LogP contribution is 2.13. The molecule has 0 spiro atoms. The molecule has 3 N–H and O–H groups in total. The van der Waals surface area contributed by atoms with Crippen LogP contribution in [0.15, 0.2) is 47.4 Å². The number of hydrogen-bond acceptors (Lipinski definition) is 4. The number of benzene rings is 1. The van der Waals surface area contributed by atoms with Crippen LogP contribution < -0.4 is 21.3 Å². The van der Waals surface area contributed by atoms with Crippen molar-refractivity contribution in [3.8, 4) is 5.75 Å². The molecule has 0 aliphatic carbocycles. The van der Waals surface area contributed by atoms with Gasteiger partial charge in [-0.05, 0) is 5.56 Å². The molecule has 0 bridgehead atoms. The first-order valence-electron chi connectivity index (χ1n) is 6.03. The van der Waals surface area contributed by atoms with Gasteiger partial charge < -0.3 is 15.9 Å². The summed E-state index contributed by atoms with van der Waals surface area (Å²) in [7, 11) is 1.46. The lowest BCUT2D eigenvalue weighted by atomic mass is 10.2. The molecular formula is C14H16ClN3O3. The zero-order valence-corrected chi connectivity index (χ0v) is 12.2. The molecule has 0 aliphatic heterocycles. The van der Waals surface area contributed by atoms with Gasteiger partial charge in [-0.15, -0.1) is 12.4 Å².